The number of aliphatic hydroxyl groups excluding tert-OH is 1. The van der Waals surface area contributed by atoms with Gasteiger partial charge in [0.05, 0.1) is 18.8 Å². The quantitative estimate of drug-likeness (QED) is 0.324. The van der Waals surface area contributed by atoms with Crippen molar-refractivity contribution in [3.63, 3.8) is 0 Å². The number of pyridine rings is 1. The average molecular weight is 529 g/mol. The van der Waals surface area contributed by atoms with Gasteiger partial charge in [-0.2, -0.15) is 0 Å². The van der Waals surface area contributed by atoms with Gasteiger partial charge in [-0.15, -0.1) is 0 Å². The Morgan fingerprint density at radius 2 is 1.73 bits per heavy atom. The van der Waals surface area contributed by atoms with Crippen molar-refractivity contribution in [2.24, 2.45) is 16.2 Å². The maximum atomic E-state index is 13.0. The first-order valence-electron chi connectivity index (χ1n) is 13.5. The number of aliphatic hydroxyl groups is 1. The third-order valence-corrected chi connectivity index (χ3v) is 8.85. The topological polar surface area (TPSA) is 73.6 Å². The summed E-state index contributed by atoms with van der Waals surface area (Å²) in [4.78, 5) is 17.4. The lowest BCUT2D eigenvalue weighted by Gasteiger charge is -2.69. The number of ether oxygens (including phenoxy) is 2. The molecule has 2 heterocycles. The van der Waals surface area contributed by atoms with Crippen molar-refractivity contribution in [1.82, 2.24) is 9.55 Å². The third kappa shape index (κ3) is 5.09. The van der Waals surface area contributed by atoms with E-state index in [1.807, 2.05) is 26.8 Å². The van der Waals surface area contributed by atoms with Crippen LogP contribution in [0.5, 0.6) is 0 Å². The van der Waals surface area contributed by atoms with Crippen LogP contribution >= 0.6 is 11.6 Å². The Labute approximate surface area is 225 Å². The minimum atomic E-state index is -0.627. The van der Waals surface area contributed by atoms with Crippen molar-refractivity contribution < 1.29 is 19.4 Å². The normalized spacial score (nSPS) is 32.6. The van der Waals surface area contributed by atoms with Crippen LogP contribution in [0, 0.1) is 23.2 Å². The lowest BCUT2D eigenvalue weighted by atomic mass is 9.39. The summed E-state index contributed by atoms with van der Waals surface area (Å²) in [7, 11) is 0. The van der Waals surface area contributed by atoms with E-state index in [2.05, 4.69) is 42.6 Å². The number of hydrogen-bond donors (Lipinski definition) is 1. The van der Waals surface area contributed by atoms with E-state index in [0.29, 0.717) is 6.61 Å². The fraction of sp³-hybridized carbons (Fsp3) is 0.667. The van der Waals surface area contributed by atoms with Gasteiger partial charge in [0.25, 0.3) is 0 Å². The molecule has 2 atom stereocenters. The molecule has 4 aliphatic carbocycles. The Balaban J connectivity index is 1.48. The van der Waals surface area contributed by atoms with Crippen molar-refractivity contribution in [3.05, 3.63) is 40.9 Å². The largest absolute Gasteiger partial charge is 0.455 e. The zero-order valence-corrected chi connectivity index (χ0v) is 23.9. The zero-order valence-electron chi connectivity index (χ0n) is 23.1. The molecule has 0 aromatic carbocycles. The SMILES string of the molecule is Cc1c(-c2ccc(Cl)nc2C(=O)OC(C)(C)C)ccn1CC12CC3(C)CC(C)(C1)CC(OCCO)(C3)C2. The number of rotatable bonds is 7. The van der Waals surface area contributed by atoms with Crippen LogP contribution in [0.3, 0.4) is 0 Å². The molecule has 0 amide bonds. The van der Waals surface area contributed by atoms with Crippen LogP contribution in [0.25, 0.3) is 11.1 Å². The van der Waals surface area contributed by atoms with Gasteiger partial charge in [-0.05, 0) is 101 Å². The smallest absolute Gasteiger partial charge is 0.358 e. The summed E-state index contributed by atoms with van der Waals surface area (Å²) in [5.74, 6) is -0.470. The van der Waals surface area contributed by atoms with E-state index in [-0.39, 0.29) is 39.3 Å². The summed E-state index contributed by atoms with van der Waals surface area (Å²) in [5, 5.41) is 9.78. The second-order valence-corrected chi connectivity index (χ2v) is 14.3. The molecule has 2 aromatic heterocycles. The van der Waals surface area contributed by atoms with Gasteiger partial charge in [-0.25, -0.2) is 9.78 Å². The Morgan fingerprint density at radius 1 is 1.05 bits per heavy atom. The van der Waals surface area contributed by atoms with E-state index in [1.165, 1.54) is 19.3 Å². The van der Waals surface area contributed by atoms with Crippen LogP contribution in [-0.4, -0.2) is 45.0 Å². The highest BCUT2D eigenvalue weighted by Crippen LogP contribution is 2.72. The van der Waals surface area contributed by atoms with Crippen LogP contribution in [0.15, 0.2) is 24.4 Å². The highest BCUT2D eigenvalue weighted by Gasteiger charge is 2.66. The monoisotopic (exact) mass is 528 g/mol. The first-order valence-corrected chi connectivity index (χ1v) is 13.9. The fourth-order valence-electron chi connectivity index (χ4n) is 8.92. The summed E-state index contributed by atoms with van der Waals surface area (Å²) in [6.07, 6.45) is 8.98. The highest BCUT2D eigenvalue weighted by molar-refractivity contribution is 6.29. The maximum absolute atomic E-state index is 13.0. The average Bonchev–Trinajstić information content (AvgIpc) is 3.08. The number of halogens is 1. The van der Waals surface area contributed by atoms with Gasteiger partial charge in [0.1, 0.15) is 10.8 Å². The molecule has 0 spiro atoms. The van der Waals surface area contributed by atoms with Gasteiger partial charge in [0.15, 0.2) is 5.69 Å². The molecule has 4 aliphatic rings. The van der Waals surface area contributed by atoms with E-state index < -0.39 is 11.6 Å². The zero-order chi connectivity index (χ0) is 26.9. The predicted octanol–water partition coefficient (Wildman–Crippen LogP) is 6.60. The summed E-state index contributed by atoms with van der Waals surface area (Å²) in [6, 6.07) is 5.67. The molecule has 2 aromatic rings. The lowest BCUT2D eigenvalue weighted by Crippen LogP contribution is -2.64. The van der Waals surface area contributed by atoms with Crippen molar-refractivity contribution in [2.45, 2.75) is 97.8 Å². The van der Waals surface area contributed by atoms with Gasteiger partial charge >= 0.3 is 5.97 Å². The molecule has 0 aliphatic heterocycles. The lowest BCUT2D eigenvalue weighted by molar-refractivity contribution is -0.249. The standard InChI is InChI=1S/C30H41ClN2O4/c1-20-21(22-7-8-23(31)32-24(22)25(35)37-26(2,3)4)9-10-33(20)19-29-14-27(5)13-28(6,15-29)17-30(16-27,18-29)36-12-11-34/h7-10,34H,11-19H2,1-6H3. The minimum Gasteiger partial charge on any atom is -0.455 e. The molecule has 4 saturated carbocycles. The van der Waals surface area contributed by atoms with Gasteiger partial charge in [-0.1, -0.05) is 25.4 Å². The van der Waals surface area contributed by atoms with Crippen LogP contribution in [0.1, 0.15) is 89.3 Å². The third-order valence-electron chi connectivity index (χ3n) is 8.64. The van der Waals surface area contributed by atoms with Crippen LogP contribution in [0.4, 0.5) is 0 Å². The molecule has 1 N–H and O–H groups in total. The molecule has 202 valence electrons. The number of hydrogen-bond acceptors (Lipinski definition) is 5. The Morgan fingerprint density at radius 3 is 2.35 bits per heavy atom. The number of carbonyl (C=O) groups is 1. The molecule has 37 heavy (non-hydrogen) atoms. The minimum absolute atomic E-state index is 0.0668. The van der Waals surface area contributed by atoms with Gasteiger partial charge in [0.2, 0.25) is 0 Å². The summed E-state index contributed by atoms with van der Waals surface area (Å²) < 4.78 is 14.4. The molecule has 4 bridgehead atoms. The number of carbonyl (C=O) groups excluding carboxylic acids is 1. The highest BCUT2D eigenvalue weighted by atomic mass is 35.5. The van der Waals surface area contributed by atoms with E-state index in [9.17, 15) is 9.90 Å². The molecular weight excluding hydrogens is 488 g/mol. The second kappa shape index (κ2) is 8.82. The van der Waals surface area contributed by atoms with Gasteiger partial charge in [-0.3, -0.25) is 0 Å². The van der Waals surface area contributed by atoms with Gasteiger partial charge < -0.3 is 19.1 Å². The van der Waals surface area contributed by atoms with Crippen LogP contribution in [0.2, 0.25) is 5.15 Å². The molecule has 6 rings (SSSR count). The molecule has 4 fully saturated rings. The molecule has 2 unspecified atom stereocenters. The fourth-order valence-corrected chi connectivity index (χ4v) is 9.06. The number of nitrogens with zero attached hydrogens (tertiary/aromatic N) is 2. The first-order chi connectivity index (χ1) is 17.2. The van der Waals surface area contributed by atoms with E-state index >= 15 is 0 Å². The van der Waals surface area contributed by atoms with Crippen LogP contribution < -0.4 is 0 Å². The Kier molecular flexibility index (Phi) is 6.37. The predicted molar refractivity (Wildman–Crippen MR) is 145 cm³/mol. The van der Waals surface area contributed by atoms with Crippen molar-refractivity contribution in [1.29, 1.82) is 0 Å². The second-order valence-electron chi connectivity index (χ2n) is 13.9. The molecule has 7 heteroatoms. The Hall–Kier alpha value is -1.89. The van der Waals surface area contributed by atoms with Crippen molar-refractivity contribution in [2.75, 3.05) is 13.2 Å². The van der Waals surface area contributed by atoms with Crippen LogP contribution in [-0.2, 0) is 16.0 Å². The molecular formula is C30H41ClN2O4. The van der Waals surface area contributed by atoms with E-state index in [0.717, 1.165) is 42.6 Å². The summed E-state index contributed by atoms with van der Waals surface area (Å²) in [5.41, 5.74) is 2.94. The number of esters is 1. The van der Waals surface area contributed by atoms with E-state index in [4.69, 9.17) is 21.1 Å². The van der Waals surface area contributed by atoms with Crippen molar-refractivity contribution >= 4 is 17.6 Å². The molecule has 0 saturated heterocycles. The number of aromatic nitrogens is 2. The van der Waals surface area contributed by atoms with E-state index in [1.54, 1.807) is 6.07 Å². The summed E-state index contributed by atoms with van der Waals surface area (Å²) >= 11 is 6.19. The first kappa shape index (κ1) is 26.7. The maximum Gasteiger partial charge on any atom is 0.358 e. The van der Waals surface area contributed by atoms with Crippen molar-refractivity contribution in [3.8, 4) is 11.1 Å². The Bertz CT molecular complexity index is 1190. The molecule has 6 nitrogen and oxygen atoms in total. The molecule has 0 radical (unpaired) electrons. The van der Waals surface area contributed by atoms with Gasteiger partial charge in [0, 0.05) is 29.6 Å². The summed E-state index contributed by atoms with van der Waals surface area (Å²) in [6.45, 7) is 13.9.